The molecular formula is C18H30N2O3S. The second-order valence-corrected chi connectivity index (χ2v) is 8.75. The minimum atomic E-state index is -3.51. The third-order valence-electron chi connectivity index (χ3n) is 4.58. The van der Waals surface area contributed by atoms with Gasteiger partial charge in [-0.05, 0) is 69.0 Å². The SMILES string of the molecule is COc1ccc(S(=O)(=O)NCC(CC(C)C)N2CCCC2)c(C)c1. The summed E-state index contributed by atoms with van der Waals surface area (Å²) >= 11 is 0. The smallest absolute Gasteiger partial charge is 0.240 e. The second kappa shape index (κ2) is 8.32. The lowest BCUT2D eigenvalue weighted by Gasteiger charge is -2.29. The van der Waals surface area contributed by atoms with Crippen LogP contribution in [0, 0.1) is 12.8 Å². The molecule has 0 radical (unpaired) electrons. The van der Waals surface area contributed by atoms with Gasteiger partial charge < -0.3 is 4.74 Å². The summed E-state index contributed by atoms with van der Waals surface area (Å²) in [5.74, 6) is 1.21. The highest BCUT2D eigenvalue weighted by atomic mass is 32.2. The predicted octanol–water partition coefficient (Wildman–Crippen LogP) is 2.79. The van der Waals surface area contributed by atoms with Gasteiger partial charge in [-0.3, -0.25) is 4.90 Å². The number of rotatable bonds is 8. The van der Waals surface area contributed by atoms with Gasteiger partial charge in [0.2, 0.25) is 10.0 Å². The molecular weight excluding hydrogens is 324 g/mol. The van der Waals surface area contributed by atoms with Crippen molar-refractivity contribution in [3.05, 3.63) is 23.8 Å². The van der Waals surface area contributed by atoms with E-state index in [4.69, 9.17) is 4.74 Å². The number of hydrogen-bond donors (Lipinski definition) is 1. The molecule has 1 saturated heterocycles. The number of benzene rings is 1. The number of hydrogen-bond acceptors (Lipinski definition) is 4. The molecule has 0 spiro atoms. The highest BCUT2D eigenvalue weighted by Crippen LogP contribution is 2.22. The third kappa shape index (κ3) is 4.94. The van der Waals surface area contributed by atoms with Crippen LogP contribution >= 0.6 is 0 Å². The van der Waals surface area contributed by atoms with Gasteiger partial charge in [0.1, 0.15) is 5.75 Å². The Kier molecular flexibility index (Phi) is 6.66. The van der Waals surface area contributed by atoms with E-state index in [0.717, 1.165) is 19.5 Å². The van der Waals surface area contributed by atoms with Crippen LogP contribution < -0.4 is 9.46 Å². The zero-order valence-electron chi connectivity index (χ0n) is 15.2. The average molecular weight is 355 g/mol. The predicted molar refractivity (Wildman–Crippen MR) is 97.0 cm³/mol. The van der Waals surface area contributed by atoms with Crippen LogP contribution in [0.25, 0.3) is 0 Å². The number of nitrogens with one attached hydrogen (secondary N) is 1. The maximum absolute atomic E-state index is 12.7. The molecule has 0 saturated carbocycles. The van der Waals surface area contributed by atoms with Crippen molar-refractivity contribution < 1.29 is 13.2 Å². The monoisotopic (exact) mass is 354 g/mol. The first-order chi connectivity index (χ1) is 11.3. The molecule has 0 aliphatic carbocycles. The van der Waals surface area contributed by atoms with E-state index < -0.39 is 10.0 Å². The maximum atomic E-state index is 12.7. The van der Waals surface area contributed by atoms with Crippen molar-refractivity contribution in [3.63, 3.8) is 0 Å². The summed E-state index contributed by atoms with van der Waals surface area (Å²) in [5, 5.41) is 0. The van der Waals surface area contributed by atoms with Crippen LogP contribution in [-0.4, -0.2) is 46.1 Å². The summed E-state index contributed by atoms with van der Waals surface area (Å²) in [4.78, 5) is 2.75. The van der Waals surface area contributed by atoms with Crippen molar-refractivity contribution in [3.8, 4) is 5.75 Å². The van der Waals surface area contributed by atoms with Crippen molar-refractivity contribution in [1.29, 1.82) is 0 Å². The third-order valence-corrected chi connectivity index (χ3v) is 6.16. The fraction of sp³-hybridized carbons (Fsp3) is 0.667. The summed E-state index contributed by atoms with van der Waals surface area (Å²) in [6.45, 7) is 8.77. The van der Waals surface area contributed by atoms with Gasteiger partial charge in [0.05, 0.1) is 12.0 Å². The molecule has 6 heteroatoms. The standard InChI is InChI=1S/C18H30N2O3S/c1-14(2)11-16(20-9-5-6-10-20)13-19-24(21,22)18-8-7-17(23-4)12-15(18)3/h7-8,12,14,16,19H,5-6,9-11,13H2,1-4H3. The maximum Gasteiger partial charge on any atom is 0.240 e. The molecule has 1 aromatic carbocycles. The van der Waals surface area contributed by atoms with E-state index in [1.54, 1.807) is 32.2 Å². The lowest BCUT2D eigenvalue weighted by Crippen LogP contribution is -2.43. The lowest BCUT2D eigenvalue weighted by atomic mass is 10.0. The first kappa shape index (κ1) is 19.2. The van der Waals surface area contributed by atoms with Gasteiger partial charge in [-0.25, -0.2) is 13.1 Å². The van der Waals surface area contributed by atoms with Crippen LogP contribution in [-0.2, 0) is 10.0 Å². The minimum Gasteiger partial charge on any atom is -0.497 e. The molecule has 1 aromatic rings. The number of nitrogens with zero attached hydrogens (tertiary/aromatic N) is 1. The Morgan fingerprint density at radius 1 is 1.25 bits per heavy atom. The zero-order chi connectivity index (χ0) is 17.7. The molecule has 1 aliphatic rings. The molecule has 1 atom stereocenters. The van der Waals surface area contributed by atoms with Crippen LogP contribution in [0.15, 0.2) is 23.1 Å². The highest BCUT2D eigenvalue weighted by molar-refractivity contribution is 7.89. The van der Waals surface area contributed by atoms with E-state index >= 15 is 0 Å². The molecule has 136 valence electrons. The first-order valence-corrected chi connectivity index (χ1v) is 10.2. The van der Waals surface area contributed by atoms with Crippen LogP contribution in [0.3, 0.4) is 0 Å². The Balaban J connectivity index is 2.09. The summed E-state index contributed by atoms with van der Waals surface area (Å²) in [7, 11) is -1.93. The molecule has 0 aromatic heterocycles. The highest BCUT2D eigenvalue weighted by Gasteiger charge is 2.25. The van der Waals surface area contributed by atoms with Gasteiger partial charge in [-0.15, -0.1) is 0 Å². The topological polar surface area (TPSA) is 58.6 Å². The Hall–Kier alpha value is -1.11. The molecule has 2 rings (SSSR count). The van der Waals surface area contributed by atoms with Crippen molar-refractivity contribution in [2.45, 2.75) is 51.0 Å². The molecule has 24 heavy (non-hydrogen) atoms. The minimum absolute atomic E-state index is 0.265. The molecule has 1 fully saturated rings. The van der Waals surface area contributed by atoms with Gasteiger partial charge in [0.15, 0.2) is 0 Å². The van der Waals surface area contributed by atoms with Crippen molar-refractivity contribution >= 4 is 10.0 Å². The van der Waals surface area contributed by atoms with E-state index in [9.17, 15) is 8.42 Å². The average Bonchev–Trinajstić information content (AvgIpc) is 3.05. The molecule has 1 unspecified atom stereocenters. The van der Waals surface area contributed by atoms with Crippen molar-refractivity contribution in [2.75, 3.05) is 26.7 Å². The Bertz CT molecular complexity index is 638. The van der Waals surface area contributed by atoms with E-state index in [1.165, 1.54) is 12.8 Å². The molecule has 1 aliphatic heterocycles. The van der Waals surface area contributed by atoms with Gasteiger partial charge in [0.25, 0.3) is 0 Å². The van der Waals surface area contributed by atoms with E-state index in [0.29, 0.717) is 28.7 Å². The number of sulfonamides is 1. The normalized spacial score (nSPS) is 17.4. The van der Waals surface area contributed by atoms with Gasteiger partial charge >= 0.3 is 0 Å². The molecule has 0 bridgehead atoms. The largest absolute Gasteiger partial charge is 0.497 e. The number of methoxy groups -OCH3 is 1. The first-order valence-electron chi connectivity index (χ1n) is 8.72. The number of likely N-dealkylation sites (tertiary alicyclic amines) is 1. The summed E-state index contributed by atoms with van der Waals surface area (Å²) in [6.07, 6.45) is 3.42. The van der Waals surface area contributed by atoms with Crippen LogP contribution in [0.1, 0.15) is 38.7 Å². The second-order valence-electron chi connectivity index (χ2n) is 7.01. The van der Waals surface area contributed by atoms with Gasteiger partial charge in [-0.2, -0.15) is 0 Å². The van der Waals surface area contributed by atoms with Crippen molar-refractivity contribution in [1.82, 2.24) is 9.62 Å². The van der Waals surface area contributed by atoms with E-state index in [1.807, 2.05) is 0 Å². The summed E-state index contributed by atoms with van der Waals surface area (Å²) in [5.41, 5.74) is 0.698. The Morgan fingerprint density at radius 3 is 2.46 bits per heavy atom. The van der Waals surface area contributed by atoms with Crippen molar-refractivity contribution in [2.24, 2.45) is 5.92 Å². The molecule has 1 N–H and O–H groups in total. The fourth-order valence-corrected chi connectivity index (χ4v) is 4.64. The van der Waals surface area contributed by atoms with Gasteiger partial charge in [-0.1, -0.05) is 13.8 Å². The number of aryl methyl sites for hydroxylation is 1. The summed E-state index contributed by atoms with van der Waals surface area (Å²) in [6, 6.07) is 5.32. The zero-order valence-corrected chi connectivity index (χ0v) is 16.0. The van der Waals surface area contributed by atoms with Gasteiger partial charge in [0, 0.05) is 12.6 Å². The van der Waals surface area contributed by atoms with Crippen LogP contribution in [0.4, 0.5) is 0 Å². The number of ether oxygens (including phenoxy) is 1. The molecule has 0 amide bonds. The Morgan fingerprint density at radius 2 is 1.92 bits per heavy atom. The molecule has 5 nitrogen and oxygen atoms in total. The van der Waals surface area contributed by atoms with Crippen LogP contribution in [0.2, 0.25) is 0 Å². The Labute approximate surface area is 146 Å². The lowest BCUT2D eigenvalue weighted by molar-refractivity contribution is 0.214. The van der Waals surface area contributed by atoms with E-state index in [2.05, 4.69) is 23.5 Å². The van der Waals surface area contributed by atoms with E-state index in [-0.39, 0.29) is 6.04 Å². The quantitative estimate of drug-likeness (QED) is 0.780. The fourth-order valence-electron chi connectivity index (χ4n) is 3.35. The summed E-state index contributed by atoms with van der Waals surface area (Å²) < 4.78 is 33.4. The molecule has 1 heterocycles. The van der Waals surface area contributed by atoms with Crippen LogP contribution in [0.5, 0.6) is 5.75 Å².